The lowest BCUT2D eigenvalue weighted by Gasteiger charge is -2.21. The summed E-state index contributed by atoms with van der Waals surface area (Å²) in [5.41, 5.74) is 2.80. The molecule has 2 heterocycles. The van der Waals surface area contributed by atoms with E-state index in [1.165, 1.54) is 0 Å². The minimum Gasteiger partial charge on any atom is -0.395 e. The molecule has 0 bridgehead atoms. The molecule has 0 atom stereocenters. The number of benzene rings is 1. The van der Waals surface area contributed by atoms with E-state index in [0.717, 1.165) is 17.0 Å². The number of aliphatic hydroxyl groups is 1. The van der Waals surface area contributed by atoms with Gasteiger partial charge < -0.3 is 10.0 Å². The van der Waals surface area contributed by atoms with Crippen LogP contribution in [0.1, 0.15) is 22.8 Å². The second-order valence-electron chi connectivity index (χ2n) is 5.98. The Balaban J connectivity index is 1.78. The van der Waals surface area contributed by atoms with Crippen molar-refractivity contribution in [2.75, 3.05) is 13.2 Å². The molecule has 0 fully saturated rings. The second-order valence-corrected chi connectivity index (χ2v) is 5.98. The van der Waals surface area contributed by atoms with Crippen molar-refractivity contribution < 1.29 is 9.90 Å². The van der Waals surface area contributed by atoms with Gasteiger partial charge >= 0.3 is 0 Å². The number of hydrogen-bond acceptors (Lipinski definition) is 5. The summed E-state index contributed by atoms with van der Waals surface area (Å²) in [4.78, 5) is 23.0. The number of aromatic nitrogens is 4. The van der Waals surface area contributed by atoms with Gasteiger partial charge in [-0.25, -0.2) is 9.50 Å². The third-order valence-corrected chi connectivity index (χ3v) is 3.91. The Labute approximate surface area is 146 Å². The molecule has 0 saturated carbocycles. The molecule has 25 heavy (non-hydrogen) atoms. The van der Waals surface area contributed by atoms with Crippen LogP contribution in [-0.4, -0.2) is 48.6 Å². The largest absolute Gasteiger partial charge is 0.395 e. The van der Waals surface area contributed by atoms with E-state index in [1.54, 1.807) is 9.42 Å². The predicted octanol–water partition coefficient (Wildman–Crippen LogP) is 1.30. The molecule has 0 radical (unpaired) electrons. The van der Waals surface area contributed by atoms with Crippen molar-refractivity contribution >= 4 is 11.7 Å². The Bertz CT molecular complexity index is 876. The van der Waals surface area contributed by atoms with E-state index in [1.807, 2.05) is 50.2 Å². The summed E-state index contributed by atoms with van der Waals surface area (Å²) in [6, 6.07) is 11.6. The van der Waals surface area contributed by atoms with E-state index in [0.29, 0.717) is 18.1 Å². The second kappa shape index (κ2) is 7.40. The Morgan fingerprint density at radius 3 is 2.68 bits per heavy atom. The van der Waals surface area contributed by atoms with Gasteiger partial charge in [0.25, 0.3) is 5.78 Å². The highest BCUT2D eigenvalue weighted by Gasteiger charge is 2.17. The molecule has 130 valence electrons. The van der Waals surface area contributed by atoms with Gasteiger partial charge in [0.1, 0.15) is 0 Å². The van der Waals surface area contributed by atoms with Crippen molar-refractivity contribution in [2.45, 2.75) is 26.8 Å². The van der Waals surface area contributed by atoms with Gasteiger partial charge in [-0.1, -0.05) is 30.3 Å². The lowest BCUT2D eigenvalue weighted by atomic mass is 10.2. The summed E-state index contributed by atoms with van der Waals surface area (Å²) in [5, 5.41) is 13.6. The number of amides is 1. The maximum absolute atomic E-state index is 12.6. The Morgan fingerprint density at radius 1 is 1.20 bits per heavy atom. The number of hydrogen-bond donors (Lipinski definition) is 1. The van der Waals surface area contributed by atoms with Gasteiger partial charge in [0.15, 0.2) is 5.82 Å². The zero-order valence-corrected chi connectivity index (χ0v) is 14.4. The predicted molar refractivity (Wildman–Crippen MR) is 92.9 cm³/mol. The molecule has 0 unspecified atom stereocenters. The van der Waals surface area contributed by atoms with E-state index in [2.05, 4.69) is 15.1 Å². The molecule has 0 aliphatic rings. The van der Waals surface area contributed by atoms with E-state index in [4.69, 9.17) is 0 Å². The number of aliphatic hydroxyl groups excluding tert-OH is 1. The minimum absolute atomic E-state index is 0.0781. The first-order chi connectivity index (χ1) is 12.1. The average Bonchev–Trinajstić information content (AvgIpc) is 2.98. The molecule has 7 heteroatoms. The lowest BCUT2D eigenvalue weighted by Crippen LogP contribution is -2.34. The van der Waals surface area contributed by atoms with Gasteiger partial charge in [-0.2, -0.15) is 4.98 Å². The molecule has 3 aromatic rings. The smallest absolute Gasteiger partial charge is 0.252 e. The van der Waals surface area contributed by atoms with Gasteiger partial charge in [-0.3, -0.25) is 4.79 Å². The molecule has 2 aromatic heterocycles. The fraction of sp³-hybridized carbons (Fsp3) is 0.333. The topological polar surface area (TPSA) is 83.6 Å². The fourth-order valence-corrected chi connectivity index (χ4v) is 2.75. The fourth-order valence-electron chi connectivity index (χ4n) is 2.75. The summed E-state index contributed by atoms with van der Waals surface area (Å²) < 4.78 is 1.64. The minimum atomic E-state index is -0.122. The number of carbonyl (C=O) groups excluding carboxylic acids is 1. The molecular formula is C18H21N5O2. The summed E-state index contributed by atoms with van der Waals surface area (Å²) in [5.74, 6) is 0.808. The van der Waals surface area contributed by atoms with Gasteiger partial charge in [0.05, 0.1) is 13.0 Å². The zero-order valence-electron chi connectivity index (χ0n) is 14.4. The molecule has 0 aliphatic carbocycles. The first-order valence-electron chi connectivity index (χ1n) is 8.19. The van der Waals surface area contributed by atoms with Crippen molar-refractivity contribution in [2.24, 2.45) is 0 Å². The Hall–Kier alpha value is -2.80. The van der Waals surface area contributed by atoms with E-state index < -0.39 is 0 Å². The van der Waals surface area contributed by atoms with Crippen LogP contribution in [0.2, 0.25) is 0 Å². The zero-order chi connectivity index (χ0) is 17.8. The van der Waals surface area contributed by atoms with Crippen LogP contribution < -0.4 is 0 Å². The van der Waals surface area contributed by atoms with Crippen LogP contribution in [0.4, 0.5) is 0 Å². The first kappa shape index (κ1) is 17.0. The quantitative estimate of drug-likeness (QED) is 0.732. The van der Waals surface area contributed by atoms with Crippen LogP contribution in [0.3, 0.4) is 0 Å². The molecular weight excluding hydrogens is 318 g/mol. The standard InChI is InChI=1S/C18H21N5O2/c1-13-10-14(2)23-18(19-13)20-16(21-23)11-17(25)22(8-9-24)12-15-6-4-3-5-7-15/h3-7,10,24H,8-9,11-12H2,1-2H3. The van der Waals surface area contributed by atoms with E-state index in [-0.39, 0.29) is 25.5 Å². The average molecular weight is 339 g/mol. The van der Waals surface area contributed by atoms with Gasteiger partial charge in [-0.05, 0) is 25.5 Å². The molecule has 1 aromatic carbocycles. The van der Waals surface area contributed by atoms with E-state index >= 15 is 0 Å². The van der Waals surface area contributed by atoms with Crippen LogP contribution in [-0.2, 0) is 17.8 Å². The number of nitrogens with zero attached hydrogens (tertiary/aromatic N) is 5. The Kier molecular flexibility index (Phi) is 5.04. The lowest BCUT2D eigenvalue weighted by molar-refractivity contribution is -0.131. The summed E-state index contributed by atoms with van der Waals surface area (Å²) in [6.45, 7) is 4.46. The van der Waals surface area contributed by atoms with Crippen LogP contribution >= 0.6 is 0 Å². The maximum atomic E-state index is 12.6. The number of aryl methyl sites for hydroxylation is 2. The highest BCUT2D eigenvalue weighted by Crippen LogP contribution is 2.09. The number of fused-ring (bicyclic) bond motifs is 1. The number of carbonyl (C=O) groups is 1. The Morgan fingerprint density at radius 2 is 1.96 bits per heavy atom. The van der Waals surface area contributed by atoms with Crippen molar-refractivity contribution in [1.29, 1.82) is 0 Å². The normalized spacial score (nSPS) is 11.0. The third kappa shape index (κ3) is 4.00. The monoisotopic (exact) mass is 339 g/mol. The summed E-state index contributed by atoms with van der Waals surface area (Å²) >= 11 is 0. The van der Waals surface area contributed by atoms with Crippen LogP contribution in [0.25, 0.3) is 5.78 Å². The SMILES string of the molecule is Cc1cc(C)n2nc(CC(=O)N(CCO)Cc3ccccc3)nc2n1. The maximum Gasteiger partial charge on any atom is 0.252 e. The van der Waals surface area contributed by atoms with Crippen LogP contribution in [0.5, 0.6) is 0 Å². The van der Waals surface area contributed by atoms with Crippen LogP contribution in [0, 0.1) is 13.8 Å². The van der Waals surface area contributed by atoms with Gasteiger partial charge in [0.2, 0.25) is 5.91 Å². The molecule has 0 saturated heterocycles. The molecule has 3 rings (SSSR count). The van der Waals surface area contributed by atoms with Crippen LogP contribution in [0.15, 0.2) is 36.4 Å². The van der Waals surface area contributed by atoms with E-state index in [9.17, 15) is 9.90 Å². The highest BCUT2D eigenvalue weighted by atomic mass is 16.3. The van der Waals surface area contributed by atoms with Crippen molar-refractivity contribution in [3.8, 4) is 0 Å². The molecule has 0 aliphatic heterocycles. The van der Waals surface area contributed by atoms with Crippen molar-refractivity contribution in [3.63, 3.8) is 0 Å². The highest BCUT2D eigenvalue weighted by molar-refractivity contribution is 5.78. The third-order valence-electron chi connectivity index (χ3n) is 3.91. The molecule has 1 N–H and O–H groups in total. The summed E-state index contributed by atoms with van der Waals surface area (Å²) in [7, 11) is 0. The van der Waals surface area contributed by atoms with Gasteiger partial charge in [0, 0.05) is 24.5 Å². The molecule has 7 nitrogen and oxygen atoms in total. The van der Waals surface area contributed by atoms with Crippen molar-refractivity contribution in [1.82, 2.24) is 24.5 Å². The summed E-state index contributed by atoms with van der Waals surface area (Å²) in [6.07, 6.45) is 0.0781. The first-order valence-corrected chi connectivity index (χ1v) is 8.19. The van der Waals surface area contributed by atoms with Gasteiger partial charge in [-0.15, -0.1) is 5.10 Å². The number of rotatable bonds is 6. The molecule has 0 spiro atoms. The molecule has 1 amide bonds. The van der Waals surface area contributed by atoms with Crippen molar-refractivity contribution in [3.05, 3.63) is 59.2 Å².